The van der Waals surface area contributed by atoms with Gasteiger partial charge in [0.25, 0.3) is 0 Å². The van der Waals surface area contributed by atoms with Crippen molar-refractivity contribution >= 4 is 11.6 Å². The molecule has 2 rings (SSSR count). The van der Waals surface area contributed by atoms with Crippen LogP contribution in [-0.2, 0) is 6.42 Å². The summed E-state index contributed by atoms with van der Waals surface area (Å²) >= 11 is 5.89. The fourth-order valence-corrected chi connectivity index (χ4v) is 2.13. The third-order valence-electron chi connectivity index (χ3n) is 3.05. The SMILES string of the molecule is COc1cccc(CC(NN)c2ccc(Cl)cc2)c1. The van der Waals surface area contributed by atoms with E-state index in [4.69, 9.17) is 22.2 Å². The van der Waals surface area contributed by atoms with Crippen molar-refractivity contribution < 1.29 is 4.74 Å². The van der Waals surface area contributed by atoms with Gasteiger partial charge < -0.3 is 4.74 Å². The molecule has 0 bridgehead atoms. The van der Waals surface area contributed by atoms with Gasteiger partial charge in [0.05, 0.1) is 7.11 Å². The third-order valence-corrected chi connectivity index (χ3v) is 3.30. The second-order valence-corrected chi connectivity index (χ2v) is 4.76. The lowest BCUT2D eigenvalue weighted by atomic mass is 9.99. The molecule has 0 fully saturated rings. The summed E-state index contributed by atoms with van der Waals surface area (Å²) in [4.78, 5) is 0. The minimum absolute atomic E-state index is 0.0457. The van der Waals surface area contributed by atoms with E-state index in [0.29, 0.717) is 0 Å². The predicted octanol–water partition coefficient (Wildman–Crippen LogP) is 3.10. The zero-order valence-electron chi connectivity index (χ0n) is 10.8. The molecule has 0 saturated heterocycles. The summed E-state index contributed by atoms with van der Waals surface area (Å²) in [5.41, 5.74) is 5.11. The van der Waals surface area contributed by atoms with E-state index in [-0.39, 0.29) is 6.04 Å². The lowest BCUT2D eigenvalue weighted by molar-refractivity contribution is 0.414. The van der Waals surface area contributed by atoms with Gasteiger partial charge in [-0.15, -0.1) is 0 Å². The molecule has 3 N–H and O–H groups in total. The van der Waals surface area contributed by atoms with Crippen molar-refractivity contribution in [3.8, 4) is 5.75 Å². The van der Waals surface area contributed by atoms with Gasteiger partial charge in [0.2, 0.25) is 0 Å². The number of hydrogen-bond acceptors (Lipinski definition) is 3. The highest BCUT2D eigenvalue weighted by molar-refractivity contribution is 6.30. The molecule has 0 amide bonds. The molecule has 2 aromatic rings. The van der Waals surface area contributed by atoms with Gasteiger partial charge in [0.1, 0.15) is 5.75 Å². The van der Waals surface area contributed by atoms with E-state index in [2.05, 4.69) is 11.5 Å². The van der Waals surface area contributed by atoms with Gasteiger partial charge in [0, 0.05) is 11.1 Å². The Kier molecular flexibility index (Phi) is 4.80. The fraction of sp³-hybridized carbons (Fsp3) is 0.200. The lowest BCUT2D eigenvalue weighted by Crippen LogP contribution is -2.29. The Morgan fingerprint density at radius 2 is 1.95 bits per heavy atom. The van der Waals surface area contributed by atoms with E-state index in [0.717, 1.165) is 28.3 Å². The molecule has 3 nitrogen and oxygen atoms in total. The van der Waals surface area contributed by atoms with Gasteiger partial charge in [0.15, 0.2) is 0 Å². The number of halogens is 1. The zero-order chi connectivity index (χ0) is 13.7. The van der Waals surface area contributed by atoms with Crippen LogP contribution in [0.4, 0.5) is 0 Å². The first-order chi connectivity index (χ1) is 9.22. The van der Waals surface area contributed by atoms with E-state index in [9.17, 15) is 0 Å². The number of nitrogens with one attached hydrogen (secondary N) is 1. The molecule has 0 aliphatic carbocycles. The summed E-state index contributed by atoms with van der Waals surface area (Å²) in [5.74, 6) is 6.50. The maximum absolute atomic E-state index is 5.89. The van der Waals surface area contributed by atoms with Gasteiger partial charge in [-0.3, -0.25) is 11.3 Å². The summed E-state index contributed by atoms with van der Waals surface area (Å²) in [6.07, 6.45) is 0.787. The molecule has 2 aromatic carbocycles. The van der Waals surface area contributed by atoms with Gasteiger partial charge in [-0.2, -0.15) is 0 Å². The molecular weight excluding hydrogens is 260 g/mol. The van der Waals surface area contributed by atoms with Crippen molar-refractivity contribution in [2.75, 3.05) is 7.11 Å². The summed E-state index contributed by atoms with van der Waals surface area (Å²) in [5, 5.41) is 0.723. The van der Waals surface area contributed by atoms with Crippen molar-refractivity contribution in [3.05, 3.63) is 64.7 Å². The topological polar surface area (TPSA) is 47.3 Å². The molecule has 0 saturated carbocycles. The molecule has 0 aliphatic rings. The molecular formula is C15H17ClN2O. The fourth-order valence-electron chi connectivity index (χ4n) is 2.00. The summed E-state index contributed by atoms with van der Waals surface area (Å²) in [7, 11) is 1.66. The van der Waals surface area contributed by atoms with Crippen molar-refractivity contribution in [2.45, 2.75) is 12.5 Å². The molecule has 19 heavy (non-hydrogen) atoms. The van der Waals surface area contributed by atoms with Crippen LogP contribution in [0.5, 0.6) is 5.75 Å². The second kappa shape index (κ2) is 6.57. The number of rotatable bonds is 5. The average molecular weight is 277 g/mol. The van der Waals surface area contributed by atoms with Crippen LogP contribution in [0.2, 0.25) is 5.02 Å². The quantitative estimate of drug-likeness (QED) is 0.652. The largest absolute Gasteiger partial charge is 0.497 e. The number of ether oxygens (including phenoxy) is 1. The van der Waals surface area contributed by atoms with Crippen LogP contribution in [0.15, 0.2) is 48.5 Å². The Balaban J connectivity index is 2.16. The summed E-state index contributed by atoms with van der Waals surface area (Å²) in [6.45, 7) is 0. The standard InChI is InChI=1S/C15H17ClN2O/c1-19-14-4-2-3-11(9-14)10-15(18-17)12-5-7-13(16)8-6-12/h2-9,15,18H,10,17H2,1H3. The van der Waals surface area contributed by atoms with Crippen LogP contribution in [-0.4, -0.2) is 7.11 Å². The molecule has 0 aromatic heterocycles. The first-order valence-electron chi connectivity index (χ1n) is 6.07. The van der Waals surface area contributed by atoms with Crippen molar-refractivity contribution in [1.29, 1.82) is 0 Å². The summed E-state index contributed by atoms with van der Waals surface area (Å²) in [6, 6.07) is 15.7. The Hall–Kier alpha value is -1.55. The van der Waals surface area contributed by atoms with E-state index >= 15 is 0 Å². The van der Waals surface area contributed by atoms with Crippen LogP contribution in [0.3, 0.4) is 0 Å². The highest BCUT2D eigenvalue weighted by Gasteiger charge is 2.10. The van der Waals surface area contributed by atoms with Crippen LogP contribution in [0, 0.1) is 0 Å². The van der Waals surface area contributed by atoms with Crippen LogP contribution >= 0.6 is 11.6 Å². The van der Waals surface area contributed by atoms with Crippen molar-refractivity contribution in [1.82, 2.24) is 5.43 Å². The average Bonchev–Trinajstić information content (AvgIpc) is 2.46. The van der Waals surface area contributed by atoms with Crippen molar-refractivity contribution in [2.24, 2.45) is 5.84 Å². The minimum Gasteiger partial charge on any atom is -0.497 e. The van der Waals surface area contributed by atoms with Crippen molar-refractivity contribution in [3.63, 3.8) is 0 Å². The molecule has 1 atom stereocenters. The highest BCUT2D eigenvalue weighted by Crippen LogP contribution is 2.22. The van der Waals surface area contributed by atoms with Gasteiger partial charge in [-0.1, -0.05) is 35.9 Å². The lowest BCUT2D eigenvalue weighted by Gasteiger charge is -2.17. The highest BCUT2D eigenvalue weighted by atomic mass is 35.5. The van der Waals surface area contributed by atoms with Gasteiger partial charge >= 0.3 is 0 Å². The van der Waals surface area contributed by atoms with E-state index in [1.165, 1.54) is 0 Å². The van der Waals surface area contributed by atoms with E-state index in [1.807, 2.05) is 42.5 Å². The normalized spacial score (nSPS) is 12.2. The monoisotopic (exact) mass is 276 g/mol. The molecule has 100 valence electrons. The smallest absolute Gasteiger partial charge is 0.119 e. The van der Waals surface area contributed by atoms with Gasteiger partial charge in [-0.25, -0.2) is 0 Å². The number of hydrogen-bond donors (Lipinski definition) is 2. The first kappa shape index (κ1) is 13.9. The third kappa shape index (κ3) is 3.70. The number of hydrazine groups is 1. The van der Waals surface area contributed by atoms with Crippen LogP contribution in [0.1, 0.15) is 17.2 Å². The summed E-state index contributed by atoms with van der Waals surface area (Å²) < 4.78 is 5.22. The minimum atomic E-state index is 0.0457. The van der Waals surface area contributed by atoms with E-state index < -0.39 is 0 Å². The van der Waals surface area contributed by atoms with Crippen LogP contribution < -0.4 is 16.0 Å². The molecule has 0 radical (unpaired) electrons. The second-order valence-electron chi connectivity index (χ2n) is 4.33. The van der Waals surface area contributed by atoms with E-state index in [1.54, 1.807) is 7.11 Å². The Labute approximate surface area is 118 Å². The molecule has 1 unspecified atom stereocenters. The van der Waals surface area contributed by atoms with Crippen LogP contribution in [0.25, 0.3) is 0 Å². The maximum Gasteiger partial charge on any atom is 0.119 e. The first-order valence-corrected chi connectivity index (χ1v) is 6.45. The zero-order valence-corrected chi connectivity index (χ0v) is 11.5. The molecule has 4 heteroatoms. The molecule has 0 heterocycles. The molecule has 0 aliphatic heterocycles. The Morgan fingerprint density at radius 3 is 2.58 bits per heavy atom. The number of benzene rings is 2. The van der Waals surface area contributed by atoms with Gasteiger partial charge in [-0.05, 0) is 41.8 Å². The molecule has 0 spiro atoms. The number of methoxy groups -OCH3 is 1. The Bertz CT molecular complexity index is 528. The predicted molar refractivity (Wildman–Crippen MR) is 78.2 cm³/mol. The number of nitrogens with two attached hydrogens (primary N) is 1. The Morgan fingerprint density at radius 1 is 1.21 bits per heavy atom. The maximum atomic E-state index is 5.89.